The van der Waals surface area contributed by atoms with E-state index in [0.29, 0.717) is 35.8 Å². The zero-order valence-corrected chi connectivity index (χ0v) is 15.1. The summed E-state index contributed by atoms with van der Waals surface area (Å²) in [5, 5.41) is 11.4. The first-order valence-electron chi connectivity index (χ1n) is 8.33. The van der Waals surface area contributed by atoms with Crippen molar-refractivity contribution in [3.63, 3.8) is 0 Å². The summed E-state index contributed by atoms with van der Waals surface area (Å²) < 4.78 is 15.7. The summed E-state index contributed by atoms with van der Waals surface area (Å²) in [5.74, 6) is 0.363. The van der Waals surface area contributed by atoms with Gasteiger partial charge in [-0.1, -0.05) is 19.3 Å². The van der Waals surface area contributed by atoms with Crippen LogP contribution in [0, 0.1) is 0 Å². The van der Waals surface area contributed by atoms with Gasteiger partial charge in [0, 0.05) is 18.5 Å². The van der Waals surface area contributed by atoms with Gasteiger partial charge in [-0.3, -0.25) is 9.59 Å². The van der Waals surface area contributed by atoms with Gasteiger partial charge in [0.05, 0.1) is 21.3 Å². The zero-order chi connectivity index (χ0) is 18.7. The largest absolute Gasteiger partial charge is 0.493 e. The van der Waals surface area contributed by atoms with Crippen LogP contribution >= 0.6 is 0 Å². The number of nitrogens with one attached hydrogen (secondary N) is 1. The Hall–Kier alpha value is -2.44. The predicted molar refractivity (Wildman–Crippen MR) is 93.8 cm³/mol. The monoisotopic (exact) mass is 353 g/mol. The SMILES string of the molecule is COc1cc(C(=O)NCCCCCCCC(=O)O)cc(OC)c1OC. The minimum Gasteiger partial charge on any atom is -0.493 e. The molecule has 1 aromatic rings. The Morgan fingerprint density at radius 2 is 1.48 bits per heavy atom. The van der Waals surface area contributed by atoms with Gasteiger partial charge in [0.2, 0.25) is 5.75 Å². The molecule has 0 aromatic heterocycles. The van der Waals surface area contributed by atoms with Gasteiger partial charge in [-0.25, -0.2) is 0 Å². The van der Waals surface area contributed by atoms with Gasteiger partial charge in [-0.2, -0.15) is 0 Å². The first-order valence-corrected chi connectivity index (χ1v) is 8.33. The molecule has 0 aliphatic carbocycles. The van der Waals surface area contributed by atoms with Crippen molar-refractivity contribution in [3.8, 4) is 17.2 Å². The average Bonchev–Trinajstić information content (AvgIpc) is 2.61. The fourth-order valence-electron chi connectivity index (χ4n) is 2.45. The Morgan fingerprint density at radius 1 is 0.920 bits per heavy atom. The molecule has 0 aliphatic heterocycles. The van der Waals surface area contributed by atoms with Crippen LogP contribution in [-0.4, -0.2) is 44.9 Å². The Labute approximate surface area is 148 Å². The van der Waals surface area contributed by atoms with Crippen LogP contribution in [0.4, 0.5) is 0 Å². The van der Waals surface area contributed by atoms with E-state index in [9.17, 15) is 9.59 Å². The van der Waals surface area contributed by atoms with Crippen LogP contribution in [0.2, 0.25) is 0 Å². The number of rotatable bonds is 12. The number of unbranched alkanes of at least 4 members (excludes halogenated alkanes) is 4. The van der Waals surface area contributed by atoms with Gasteiger partial charge in [-0.05, 0) is 25.0 Å². The summed E-state index contributed by atoms with van der Waals surface area (Å²) in [5.41, 5.74) is 0.441. The van der Waals surface area contributed by atoms with Gasteiger partial charge in [0.1, 0.15) is 0 Å². The van der Waals surface area contributed by atoms with Crippen molar-refractivity contribution in [2.45, 2.75) is 38.5 Å². The molecule has 0 spiro atoms. The number of methoxy groups -OCH3 is 3. The first-order chi connectivity index (χ1) is 12.0. The van der Waals surface area contributed by atoms with Crippen LogP contribution in [0.3, 0.4) is 0 Å². The fraction of sp³-hybridized carbons (Fsp3) is 0.556. The molecule has 0 radical (unpaired) electrons. The van der Waals surface area contributed by atoms with Gasteiger partial charge >= 0.3 is 5.97 Å². The number of carboxylic acids is 1. The Morgan fingerprint density at radius 3 is 2.00 bits per heavy atom. The van der Waals surface area contributed by atoms with Crippen molar-refractivity contribution in [1.82, 2.24) is 5.32 Å². The summed E-state index contributed by atoms with van der Waals surface area (Å²) in [6.45, 7) is 0.564. The quantitative estimate of drug-likeness (QED) is 0.561. The lowest BCUT2D eigenvalue weighted by molar-refractivity contribution is -0.137. The molecule has 0 aliphatic rings. The van der Waals surface area contributed by atoms with Gasteiger partial charge in [0.15, 0.2) is 11.5 Å². The Bertz CT molecular complexity index is 548. The van der Waals surface area contributed by atoms with Crippen molar-refractivity contribution in [1.29, 1.82) is 0 Å². The second-order valence-electron chi connectivity index (χ2n) is 5.58. The molecule has 0 unspecified atom stereocenters. The highest BCUT2D eigenvalue weighted by Gasteiger charge is 2.16. The van der Waals surface area contributed by atoms with E-state index >= 15 is 0 Å². The second kappa shape index (κ2) is 11.2. The highest BCUT2D eigenvalue weighted by Crippen LogP contribution is 2.38. The summed E-state index contributed by atoms with van der Waals surface area (Å²) in [6.07, 6.45) is 4.59. The molecule has 0 saturated carbocycles. The molecule has 0 atom stereocenters. The fourth-order valence-corrected chi connectivity index (χ4v) is 2.45. The number of ether oxygens (including phenoxy) is 3. The smallest absolute Gasteiger partial charge is 0.303 e. The molecular formula is C18H27NO6. The molecule has 2 N–H and O–H groups in total. The third-order valence-corrected chi connectivity index (χ3v) is 3.78. The molecule has 7 heteroatoms. The van der Waals surface area contributed by atoms with Crippen molar-refractivity contribution >= 4 is 11.9 Å². The summed E-state index contributed by atoms with van der Waals surface area (Å²) in [4.78, 5) is 22.7. The number of benzene rings is 1. The number of aliphatic carboxylic acids is 1. The van der Waals surface area contributed by atoms with E-state index in [2.05, 4.69) is 5.32 Å². The van der Waals surface area contributed by atoms with Crippen molar-refractivity contribution < 1.29 is 28.9 Å². The van der Waals surface area contributed by atoms with Gasteiger partial charge in [0.25, 0.3) is 5.91 Å². The van der Waals surface area contributed by atoms with E-state index in [4.69, 9.17) is 19.3 Å². The second-order valence-corrected chi connectivity index (χ2v) is 5.58. The molecule has 140 valence electrons. The van der Waals surface area contributed by atoms with Crippen LogP contribution in [0.25, 0.3) is 0 Å². The molecular weight excluding hydrogens is 326 g/mol. The van der Waals surface area contributed by atoms with E-state index in [1.807, 2.05) is 0 Å². The first kappa shape index (κ1) is 20.6. The van der Waals surface area contributed by atoms with Crippen LogP contribution in [0.5, 0.6) is 17.2 Å². The molecule has 0 bridgehead atoms. The minimum absolute atomic E-state index is 0.204. The number of carbonyl (C=O) groups excluding carboxylic acids is 1. The van der Waals surface area contributed by atoms with E-state index < -0.39 is 5.97 Å². The molecule has 7 nitrogen and oxygen atoms in total. The Balaban J connectivity index is 2.43. The highest BCUT2D eigenvalue weighted by atomic mass is 16.5. The van der Waals surface area contributed by atoms with Crippen LogP contribution in [-0.2, 0) is 4.79 Å². The van der Waals surface area contributed by atoms with Crippen molar-refractivity contribution in [2.75, 3.05) is 27.9 Å². The highest BCUT2D eigenvalue weighted by molar-refractivity contribution is 5.95. The summed E-state index contributed by atoms with van der Waals surface area (Å²) >= 11 is 0. The third-order valence-electron chi connectivity index (χ3n) is 3.78. The Kier molecular flexibility index (Phi) is 9.21. The molecule has 0 fully saturated rings. The van der Waals surface area contributed by atoms with E-state index in [1.54, 1.807) is 12.1 Å². The number of carboxylic acid groups (broad SMARTS) is 1. The maximum Gasteiger partial charge on any atom is 0.303 e. The van der Waals surface area contributed by atoms with E-state index in [1.165, 1.54) is 21.3 Å². The lowest BCUT2D eigenvalue weighted by atomic mass is 10.1. The van der Waals surface area contributed by atoms with Crippen LogP contribution < -0.4 is 19.5 Å². The zero-order valence-electron chi connectivity index (χ0n) is 15.1. The molecule has 1 amide bonds. The van der Waals surface area contributed by atoms with Crippen molar-refractivity contribution in [2.24, 2.45) is 0 Å². The lowest BCUT2D eigenvalue weighted by Gasteiger charge is -2.14. The molecule has 1 rings (SSSR count). The molecule has 25 heavy (non-hydrogen) atoms. The third kappa shape index (κ3) is 6.91. The molecule has 0 saturated heterocycles. The van der Waals surface area contributed by atoms with Crippen LogP contribution in [0.15, 0.2) is 12.1 Å². The van der Waals surface area contributed by atoms with E-state index in [0.717, 1.165) is 25.7 Å². The maximum absolute atomic E-state index is 12.3. The topological polar surface area (TPSA) is 94.1 Å². The predicted octanol–water partition coefficient (Wildman–Crippen LogP) is 2.87. The minimum atomic E-state index is -0.752. The molecule has 1 aromatic carbocycles. The molecule has 0 heterocycles. The average molecular weight is 353 g/mol. The number of hydrogen-bond donors (Lipinski definition) is 2. The van der Waals surface area contributed by atoms with E-state index in [-0.39, 0.29) is 12.3 Å². The van der Waals surface area contributed by atoms with Crippen LogP contribution in [0.1, 0.15) is 48.9 Å². The number of carbonyl (C=O) groups is 2. The normalized spacial score (nSPS) is 10.2. The van der Waals surface area contributed by atoms with Gasteiger partial charge < -0.3 is 24.6 Å². The van der Waals surface area contributed by atoms with Crippen molar-refractivity contribution in [3.05, 3.63) is 17.7 Å². The maximum atomic E-state index is 12.3. The van der Waals surface area contributed by atoms with Gasteiger partial charge in [-0.15, -0.1) is 0 Å². The number of hydrogen-bond acceptors (Lipinski definition) is 5. The number of amides is 1. The summed E-state index contributed by atoms with van der Waals surface area (Å²) in [7, 11) is 4.52. The standard InChI is InChI=1S/C18H27NO6/c1-23-14-11-13(12-15(24-2)17(14)25-3)18(22)19-10-8-6-4-5-7-9-16(20)21/h11-12H,4-10H2,1-3H3,(H,19,22)(H,20,21). The lowest BCUT2D eigenvalue weighted by Crippen LogP contribution is -2.24. The summed E-state index contributed by atoms with van der Waals surface area (Å²) in [6, 6.07) is 3.23.